The van der Waals surface area contributed by atoms with E-state index < -0.39 is 10.0 Å². The second-order valence-electron chi connectivity index (χ2n) is 7.30. The van der Waals surface area contributed by atoms with E-state index in [0.29, 0.717) is 24.1 Å². The van der Waals surface area contributed by atoms with E-state index >= 15 is 0 Å². The van der Waals surface area contributed by atoms with Crippen molar-refractivity contribution in [1.82, 2.24) is 19.5 Å². The molecule has 3 rings (SSSR count). The molecular weight excluding hydrogens is 418 g/mol. The Labute approximate surface area is 182 Å². The number of aryl methyl sites for hydroxylation is 3. The average Bonchev–Trinajstić information content (AvgIpc) is 3.12. The van der Waals surface area contributed by atoms with Crippen LogP contribution in [0.5, 0.6) is 0 Å². The summed E-state index contributed by atoms with van der Waals surface area (Å²) in [5.41, 5.74) is 4.61. The van der Waals surface area contributed by atoms with Gasteiger partial charge in [0, 0.05) is 18.8 Å². The summed E-state index contributed by atoms with van der Waals surface area (Å²) < 4.78 is 27.0. The SMILES string of the molecule is CCN(CC)S(=O)(=O)c1ccc2nnn(OCC(=O)Nc3c(C)cc(C)cc3C)c2c1. The lowest BCUT2D eigenvalue weighted by Gasteiger charge is -2.18. The van der Waals surface area contributed by atoms with Crippen LogP contribution in [0, 0.1) is 20.8 Å². The highest BCUT2D eigenvalue weighted by atomic mass is 32.2. The molecule has 0 saturated carbocycles. The van der Waals surface area contributed by atoms with Crippen molar-refractivity contribution in [2.45, 2.75) is 39.5 Å². The maximum Gasteiger partial charge on any atom is 0.265 e. The van der Waals surface area contributed by atoms with Gasteiger partial charge in [0.05, 0.1) is 4.90 Å². The van der Waals surface area contributed by atoms with Gasteiger partial charge in [-0.3, -0.25) is 4.79 Å². The number of aromatic nitrogens is 3. The number of fused-ring (bicyclic) bond motifs is 1. The maximum absolute atomic E-state index is 12.8. The molecule has 0 radical (unpaired) electrons. The Bertz CT molecular complexity index is 1190. The van der Waals surface area contributed by atoms with Crippen molar-refractivity contribution in [1.29, 1.82) is 0 Å². The van der Waals surface area contributed by atoms with E-state index in [1.165, 1.54) is 16.4 Å². The second kappa shape index (κ2) is 9.03. The number of sulfonamides is 1. The summed E-state index contributed by atoms with van der Waals surface area (Å²) in [6.45, 7) is 9.84. The van der Waals surface area contributed by atoms with Crippen molar-refractivity contribution in [2.75, 3.05) is 25.0 Å². The normalized spacial score (nSPS) is 11.8. The smallest absolute Gasteiger partial charge is 0.265 e. The van der Waals surface area contributed by atoms with Gasteiger partial charge in [-0.05, 0) is 55.3 Å². The fourth-order valence-corrected chi connectivity index (χ4v) is 5.00. The molecule has 1 aromatic heterocycles. The summed E-state index contributed by atoms with van der Waals surface area (Å²) in [6, 6.07) is 8.50. The van der Waals surface area contributed by atoms with Gasteiger partial charge in [-0.15, -0.1) is 5.10 Å². The number of carbonyl (C=O) groups is 1. The van der Waals surface area contributed by atoms with Gasteiger partial charge in [0.2, 0.25) is 10.0 Å². The first-order valence-corrected chi connectivity index (χ1v) is 11.5. The minimum Gasteiger partial charge on any atom is -0.385 e. The van der Waals surface area contributed by atoms with Crippen LogP contribution in [0.2, 0.25) is 0 Å². The molecular formula is C21H27N5O4S. The largest absolute Gasteiger partial charge is 0.385 e. The minimum atomic E-state index is -3.64. The zero-order valence-corrected chi connectivity index (χ0v) is 19.2. The highest BCUT2D eigenvalue weighted by Gasteiger charge is 2.23. The van der Waals surface area contributed by atoms with E-state index in [0.717, 1.165) is 27.2 Å². The summed E-state index contributed by atoms with van der Waals surface area (Å²) in [5.74, 6) is -0.356. The molecule has 1 heterocycles. The number of carbonyl (C=O) groups excluding carboxylic acids is 1. The average molecular weight is 446 g/mol. The number of benzene rings is 2. The summed E-state index contributed by atoms with van der Waals surface area (Å²) in [6.07, 6.45) is 0. The predicted octanol–water partition coefficient (Wildman–Crippen LogP) is 2.45. The quantitative estimate of drug-likeness (QED) is 0.571. The van der Waals surface area contributed by atoms with E-state index in [4.69, 9.17) is 4.84 Å². The number of hydrogen-bond donors (Lipinski definition) is 1. The van der Waals surface area contributed by atoms with Crippen LogP contribution in [-0.2, 0) is 14.8 Å². The Kier molecular flexibility index (Phi) is 6.61. The molecule has 0 aliphatic heterocycles. The van der Waals surface area contributed by atoms with Crippen molar-refractivity contribution in [3.8, 4) is 0 Å². The van der Waals surface area contributed by atoms with Crippen LogP contribution in [0.15, 0.2) is 35.2 Å². The highest BCUT2D eigenvalue weighted by Crippen LogP contribution is 2.22. The number of anilines is 1. The Morgan fingerprint density at radius 3 is 2.35 bits per heavy atom. The lowest BCUT2D eigenvalue weighted by molar-refractivity contribution is -0.121. The zero-order valence-electron chi connectivity index (χ0n) is 18.3. The fourth-order valence-electron chi connectivity index (χ4n) is 3.52. The van der Waals surface area contributed by atoms with Gasteiger partial charge in [0.25, 0.3) is 5.91 Å². The third-order valence-corrected chi connectivity index (χ3v) is 7.04. The van der Waals surface area contributed by atoms with Crippen LogP contribution in [0.1, 0.15) is 30.5 Å². The van der Waals surface area contributed by atoms with Crippen LogP contribution in [0.4, 0.5) is 5.69 Å². The first-order valence-electron chi connectivity index (χ1n) is 10.0. The predicted molar refractivity (Wildman–Crippen MR) is 118 cm³/mol. The molecule has 0 aliphatic carbocycles. The summed E-state index contributed by atoms with van der Waals surface area (Å²) in [5, 5.41) is 10.7. The van der Waals surface area contributed by atoms with Gasteiger partial charge in [-0.2, -0.15) is 4.31 Å². The van der Waals surface area contributed by atoms with Gasteiger partial charge < -0.3 is 10.2 Å². The molecule has 166 valence electrons. The molecule has 10 heteroatoms. The van der Waals surface area contributed by atoms with Crippen LogP contribution < -0.4 is 10.2 Å². The number of rotatable bonds is 8. The molecule has 3 aromatic rings. The van der Waals surface area contributed by atoms with Crippen LogP contribution >= 0.6 is 0 Å². The van der Waals surface area contributed by atoms with E-state index in [-0.39, 0.29) is 17.4 Å². The number of hydrogen-bond acceptors (Lipinski definition) is 6. The number of nitrogens with one attached hydrogen (secondary N) is 1. The van der Waals surface area contributed by atoms with Crippen molar-refractivity contribution < 1.29 is 18.0 Å². The standard InChI is InChI=1S/C21H27N5O4S/c1-6-25(7-2)31(28,29)17-8-9-18-19(12-17)26(24-23-18)30-13-20(27)22-21-15(4)10-14(3)11-16(21)5/h8-12H,6-7,13H2,1-5H3,(H,22,27). The molecule has 1 N–H and O–H groups in total. The molecule has 2 aromatic carbocycles. The first-order chi connectivity index (χ1) is 14.7. The Morgan fingerprint density at radius 1 is 1.10 bits per heavy atom. The molecule has 1 amide bonds. The molecule has 0 saturated heterocycles. The summed E-state index contributed by atoms with van der Waals surface area (Å²) in [4.78, 5) is 19.1. The lowest BCUT2D eigenvalue weighted by atomic mass is 10.1. The monoisotopic (exact) mass is 445 g/mol. The van der Waals surface area contributed by atoms with Crippen LogP contribution in [-0.4, -0.2) is 53.5 Å². The summed E-state index contributed by atoms with van der Waals surface area (Å²) in [7, 11) is -3.64. The van der Waals surface area contributed by atoms with E-state index in [9.17, 15) is 13.2 Å². The maximum atomic E-state index is 12.8. The molecule has 0 atom stereocenters. The van der Waals surface area contributed by atoms with E-state index in [2.05, 4.69) is 15.6 Å². The molecule has 0 bridgehead atoms. The Morgan fingerprint density at radius 2 is 1.74 bits per heavy atom. The van der Waals surface area contributed by atoms with Crippen molar-refractivity contribution in [3.63, 3.8) is 0 Å². The van der Waals surface area contributed by atoms with Crippen LogP contribution in [0.25, 0.3) is 11.0 Å². The van der Waals surface area contributed by atoms with Gasteiger partial charge in [-0.25, -0.2) is 8.42 Å². The third-order valence-electron chi connectivity index (χ3n) is 4.99. The molecule has 31 heavy (non-hydrogen) atoms. The van der Waals surface area contributed by atoms with Gasteiger partial charge >= 0.3 is 0 Å². The lowest BCUT2D eigenvalue weighted by Crippen LogP contribution is -2.30. The molecule has 0 spiro atoms. The molecule has 0 aliphatic rings. The van der Waals surface area contributed by atoms with Crippen molar-refractivity contribution >= 4 is 32.7 Å². The molecule has 9 nitrogen and oxygen atoms in total. The fraction of sp³-hybridized carbons (Fsp3) is 0.381. The zero-order chi connectivity index (χ0) is 22.8. The molecule has 0 unspecified atom stereocenters. The Hall–Kier alpha value is -2.98. The number of amides is 1. The van der Waals surface area contributed by atoms with E-state index in [1.54, 1.807) is 19.9 Å². The first kappa shape index (κ1) is 22.7. The topological polar surface area (TPSA) is 106 Å². The summed E-state index contributed by atoms with van der Waals surface area (Å²) >= 11 is 0. The van der Waals surface area contributed by atoms with E-state index in [1.807, 2.05) is 32.9 Å². The van der Waals surface area contributed by atoms with Gasteiger partial charge in [0.15, 0.2) is 6.61 Å². The van der Waals surface area contributed by atoms with Crippen molar-refractivity contribution in [3.05, 3.63) is 47.0 Å². The Balaban J connectivity index is 1.79. The second-order valence-corrected chi connectivity index (χ2v) is 9.24. The highest BCUT2D eigenvalue weighted by molar-refractivity contribution is 7.89. The van der Waals surface area contributed by atoms with Gasteiger partial charge in [-0.1, -0.05) is 36.4 Å². The van der Waals surface area contributed by atoms with Crippen molar-refractivity contribution in [2.24, 2.45) is 0 Å². The number of nitrogens with zero attached hydrogens (tertiary/aromatic N) is 4. The third kappa shape index (κ3) is 4.70. The van der Waals surface area contributed by atoms with Crippen LogP contribution in [0.3, 0.4) is 0 Å². The minimum absolute atomic E-state index is 0.117. The van der Waals surface area contributed by atoms with Gasteiger partial charge in [0.1, 0.15) is 11.0 Å². The molecule has 0 fully saturated rings.